The molecular weight excluding hydrogens is 316 g/mol. The highest BCUT2D eigenvalue weighted by atomic mass is 16.2. The van der Waals surface area contributed by atoms with Gasteiger partial charge in [-0.1, -0.05) is 0 Å². The van der Waals surface area contributed by atoms with E-state index in [0.29, 0.717) is 11.4 Å². The van der Waals surface area contributed by atoms with Crippen molar-refractivity contribution >= 4 is 11.6 Å². The molecule has 3 heterocycles. The Balaban J connectivity index is 1.63. The van der Waals surface area contributed by atoms with Crippen LogP contribution in [-0.2, 0) is 7.05 Å². The molecule has 0 aliphatic carbocycles. The lowest BCUT2D eigenvalue weighted by molar-refractivity contribution is 0.0702. The summed E-state index contributed by atoms with van der Waals surface area (Å²) in [4.78, 5) is 20.7. The molecule has 1 amide bonds. The van der Waals surface area contributed by atoms with E-state index in [9.17, 15) is 4.79 Å². The average Bonchev–Trinajstić information content (AvgIpc) is 2.99. The monoisotopic (exact) mass is 338 g/mol. The van der Waals surface area contributed by atoms with Gasteiger partial charge in [-0.2, -0.15) is 10.4 Å². The minimum atomic E-state index is -0.0298. The van der Waals surface area contributed by atoms with Gasteiger partial charge in [0.05, 0.1) is 0 Å². The average molecular weight is 338 g/mol. The van der Waals surface area contributed by atoms with Crippen molar-refractivity contribution in [2.24, 2.45) is 7.05 Å². The zero-order valence-electron chi connectivity index (χ0n) is 14.8. The summed E-state index contributed by atoms with van der Waals surface area (Å²) < 4.78 is 1.72. The first-order valence-electron chi connectivity index (χ1n) is 8.38. The second kappa shape index (κ2) is 6.93. The molecule has 7 nitrogen and oxygen atoms in total. The maximum Gasteiger partial charge on any atom is 0.274 e. The van der Waals surface area contributed by atoms with E-state index < -0.39 is 0 Å². The molecule has 0 aromatic carbocycles. The smallest absolute Gasteiger partial charge is 0.274 e. The van der Waals surface area contributed by atoms with Crippen molar-refractivity contribution in [3.63, 3.8) is 0 Å². The number of aryl methyl sites for hydroxylation is 2. The van der Waals surface area contributed by atoms with E-state index in [1.54, 1.807) is 10.9 Å². The first-order valence-corrected chi connectivity index (χ1v) is 8.38. The molecule has 2 aromatic heterocycles. The summed E-state index contributed by atoms with van der Waals surface area (Å²) in [5.74, 6) is -0.0298. The van der Waals surface area contributed by atoms with Crippen LogP contribution in [0, 0.1) is 18.3 Å². The predicted molar refractivity (Wildman–Crippen MR) is 94.2 cm³/mol. The summed E-state index contributed by atoms with van der Waals surface area (Å²) in [6.07, 6.45) is 3.44. The summed E-state index contributed by atoms with van der Waals surface area (Å²) in [5, 5.41) is 13.3. The van der Waals surface area contributed by atoms with Crippen molar-refractivity contribution in [2.45, 2.75) is 25.8 Å². The van der Waals surface area contributed by atoms with Crippen molar-refractivity contribution in [1.29, 1.82) is 5.26 Å². The minimum Gasteiger partial charge on any atom is -0.371 e. The zero-order valence-corrected chi connectivity index (χ0v) is 14.8. The Bertz CT molecular complexity index is 794. The Kier molecular flexibility index (Phi) is 4.70. The number of pyridine rings is 1. The van der Waals surface area contributed by atoms with Crippen LogP contribution >= 0.6 is 0 Å². The van der Waals surface area contributed by atoms with Crippen LogP contribution in [0.2, 0.25) is 0 Å². The van der Waals surface area contributed by atoms with Crippen LogP contribution in [0.15, 0.2) is 24.4 Å². The maximum atomic E-state index is 12.6. The number of rotatable bonds is 3. The molecule has 1 aliphatic rings. The number of anilines is 1. The molecule has 0 saturated carbocycles. The van der Waals surface area contributed by atoms with Gasteiger partial charge in [0.2, 0.25) is 0 Å². The Hall–Kier alpha value is -2.88. The van der Waals surface area contributed by atoms with E-state index in [1.807, 2.05) is 44.1 Å². The summed E-state index contributed by atoms with van der Waals surface area (Å²) in [7, 11) is 3.70. The fourth-order valence-electron chi connectivity index (χ4n) is 3.20. The second-order valence-electron chi connectivity index (χ2n) is 6.44. The maximum absolute atomic E-state index is 12.6. The molecule has 0 N–H and O–H groups in total. The predicted octanol–water partition coefficient (Wildman–Crippen LogP) is 1.74. The normalized spacial score (nSPS) is 15.0. The first-order chi connectivity index (χ1) is 12.0. The Morgan fingerprint density at radius 2 is 2.08 bits per heavy atom. The zero-order chi connectivity index (χ0) is 18.0. The van der Waals surface area contributed by atoms with Crippen LogP contribution in [0.1, 0.15) is 34.7 Å². The van der Waals surface area contributed by atoms with Crippen molar-refractivity contribution < 1.29 is 4.79 Å². The molecule has 0 bridgehead atoms. The number of carbonyl (C=O) groups is 1. The third-order valence-corrected chi connectivity index (χ3v) is 4.89. The molecule has 7 heteroatoms. The topological polar surface area (TPSA) is 78.1 Å². The molecule has 130 valence electrons. The number of aromatic nitrogens is 3. The van der Waals surface area contributed by atoms with Gasteiger partial charge >= 0.3 is 0 Å². The van der Waals surface area contributed by atoms with Gasteiger partial charge in [-0.15, -0.1) is 0 Å². The summed E-state index contributed by atoms with van der Waals surface area (Å²) >= 11 is 0. The third kappa shape index (κ3) is 3.48. The number of piperidine rings is 1. The molecule has 1 aliphatic heterocycles. The minimum absolute atomic E-state index is 0.0298. The van der Waals surface area contributed by atoms with Crippen LogP contribution in [0.4, 0.5) is 5.69 Å². The summed E-state index contributed by atoms with van der Waals surface area (Å²) in [5.41, 5.74) is 2.91. The number of nitrogens with zero attached hydrogens (tertiary/aromatic N) is 6. The number of amides is 1. The molecule has 0 unspecified atom stereocenters. The molecule has 2 aromatic rings. The number of hydrogen-bond donors (Lipinski definition) is 0. The highest BCUT2D eigenvalue weighted by molar-refractivity contribution is 5.92. The van der Waals surface area contributed by atoms with Gasteiger partial charge in [0, 0.05) is 50.8 Å². The third-order valence-electron chi connectivity index (χ3n) is 4.89. The van der Waals surface area contributed by atoms with E-state index in [-0.39, 0.29) is 11.9 Å². The quantitative estimate of drug-likeness (QED) is 0.852. The molecule has 1 fully saturated rings. The highest BCUT2D eigenvalue weighted by Crippen LogP contribution is 2.23. The van der Waals surface area contributed by atoms with Gasteiger partial charge < -0.3 is 9.80 Å². The summed E-state index contributed by atoms with van der Waals surface area (Å²) in [6.45, 7) is 3.63. The van der Waals surface area contributed by atoms with Crippen molar-refractivity contribution in [2.75, 3.05) is 25.0 Å². The standard InChI is InChI=1S/C18H22N6O/c1-13-10-17(21-23(13)3)18(25)22(2)15-5-8-24(9-6-15)16-4-7-20-14(11-16)12-19/h4,7,10-11,15H,5-6,8-9H2,1-3H3. The van der Waals surface area contributed by atoms with Crippen LogP contribution in [0.5, 0.6) is 0 Å². The Morgan fingerprint density at radius 1 is 1.36 bits per heavy atom. The fraction of sp³-hybridized carbons (Fsp3) is 0.444. The lowest BCUT2D eigenvalue weighted by atomic mass is 10.0. The molecule has 25 heavy (non-hydrogen) atoms. The van der Waals surface area contributed by atoms with E-state index >= 15 is 0 Å². The van der Waals surface area contributed by atoms with Crippen LogP contribution in [0.3, 0.4) is 0 Å². The SMILES string of the molecule is Cc1cc(C(=O)N(C)C2CCN(c3ccnc(C#N)c3)CC2)nn1C. The number of nitriles is 1. The highest BCUT2D eigenvalue weighted by Gasteiger charge is 2.27. The molecule has 3 rings (SSSR count). The van der Waals surface area contributed by atoms with Crippen LogP contribution in [-0.4, -0.2) is 51.8 Å². The molecule has 0 atom stereocenters. The van der Waals surface area contributed by atoms with Gasteiger partial charge in [-0.3, -0.25) is 9.48 Å². The number of carbonyl (C=O) groups excluding carboxylic acids is 1. The van der Waals surface area contributed by atoms with Gasteiger partial charge in [0.1, 0.15) is 11.8 Å². The largest absolute Gasteiger partial charge is 0.371 e. The van der Waals surface area contributed by atoms with E-state index in [4.69, 9.17) is 5.26 Å². The van der Waals surface area contributed by atoms with Gasteiger partial charge in [0.25, 0.3) is 5.91 Å². The van der Waals surface area contributed by atoms with E-state index in [1.165, 1.54) is 0 Å². The lowest BCUT2D eigenvalue weighted by Crippen LogP contribution is -2.45. The number of hydrogen-bond acceptors (Lipinski definition) is 5. The Labute approximate surface area is 147 Å². The lowest BCUT2D eigenvalue weighted by Gasteiger charge is -2.37. The van der Waals surface area contributed by atoms with Crippen LogP contribution in [0.25, 0.3) is 0 Å². The first kappa shape index (κ1) is 17.0. The van der Waals surface area contributed by atoms with E-state index in [0.717, 1.165) is 37.3 Å². The Morgan fingerprint density at radius 3 is 2.68 bits per heavy atom. The van der Waals surface area contributed by atoms with E-state index in [2.05, 4.69) is 21.1 Å². The van der Waals surface area contributed by atoms with Crippen molar-refractivity contribution in [3.05, 3.63) is 41.5 Å². The van der Waals surface area contributed by atoms with Crippen molar-refractivity contribution in [3.8, 4) is 6.07 Å². The second-order valence-corrected chi connectivity index (χ2v) is 6.44. The molecular formula is C18H22N6O. The van der Waals surface area contributed by atoms with Gasteiger partial charge in [0.15, 0.2) is 5.69 Å². The molecule has 1 saturated heterocycles. The van der Waals surface area contributed by atoms with Gasteiger partial charge in [-0.05, 0) is 38.0 Å². The molecule has 0 radical (unpaired) electrons. The molecule has 0 spiro atoms. The van der Waals surface area contributed by atoms with Crippen molar-refractivity contribution in [1.82, 2.24) is 19.7 Å². The fourth-order valence-corrected chi connectivity index (χ4v) is 3.20. The van der Waals surface area contributed by atoms with Gasteiger partial charge in [-0.25, -0.2) is 4.98 Å². The van der Waals surface area contributed by atoms with Crippen LogP contribution < -0.4 is 4.90 Å². The summed E-state index contributed by atoms with van der Waals surface area (Å²) in [6, 6.07) is 7.83.